The Morgan fingerprint density at radius 3 is 2.82 bits per heavy atom. The van der Waals surface area contributed by atoms with Crippen LogP contribution in [0.4, 0.5) is 5.82 Å². The average molecular weight is 251 g/mol. The Bertz CT molecular complexity index is 554. The van der Waals surface area contributed by atoms with Crippen LogP contribution in [0.3, 0.4) is 0 Å². The molecular weight excluding hydrogens is 240 g/mol. The van der Waals surface area contributed by atoms with Crippen molar-refractivity contribution in [1.29, 1.82) is 0 Å². The summed E-state index contributed by atoms with van der Waals surface area (Å²) in [7, 11) is 1.84. The zero-order valence-electron chi connectivity index (χ0n) is 9.43. The first-order chi connectivity index (χ1) is 8.24. The van der Waals surface area contributed by atoms with E-state index in [0.717, 1.165) is 32.1 Å². The quantitative estimate of drug-likeness (QED) is 0.474. The summed E-state index contributed by atoms with van der Waals surface area (Å²) in [5, 5.41) is 4.77. The van der Waals surface area contributed by atoms with Gasteiger partial charge in [0.15, 0.2) is 7.85 Å². The summed E-state index contributed by atoms with van der Waals surface area (Å²) in [4.78, 5) is 10.6. The summed E-state index contributed by atoms with van der Waals surface area (Å²) < 4.78 is 7.06. The van der Waals surface area contributed by atoms with Crippen molar-refractivity contribution in [3.05, 3.63) is 11.2 Å². The normalized spacial score (nSPS) is 16.6. The molecule has 8 heteroatoms. The van der Waals surface area contributed by atoms with E-state index in [-0.39, 0.29) is 0 Å². The largest absolute Gasteiger partial charge is 0.378 e. The monoisotopic (exact) mass is 251 g/mol. The van der Waals surface area contributed by atoms with Crippen LogP contribution in [-0.4, -0.2) is 53.7 Å². The number of hydrogen-bond donors (Lipinski definition) is 0. The number of rotatable bonds is 1. The lowest BCUT2D eigenvalue weighted by Crippen LogP contribution is -2.37. The molecular formula is C9H11BClN5O. The lowest BCUT2D eigenvalue weighted by molar-refractivity contribution is 0.122. The topological polar surface area (TPSA) is 55.5 Å². The maximum atomic E-state index is 6.00. The number of fused-ring (bicyclic) bond motifs is 1. The van der Waals surface area contributed by atoms with Crippen LogP contribution in [0.25, 0.3) is 5.78 Å². The third-order valence-corrected chi connectivity index (χ3v) is 2.90. The fourth-order valence-electron chi connectivity index (χ4n) is 1.94. The van der Waals surface area contributed by atoms with Crippen molar-refractivity contribution < 1.29 is 4.74 Å². The molecule has 1 aliphatic heterocycles. The summed E-state index contributed by atoms with van der Waals surface area (Å²) in [5.74, 6) is 1.46. The predicted molar refractivity (Wildman–Crippen MR) is 67.0 cm³/mol. The van der Waals surface area contributed by atoms with Crippen molar-refractivity contribution in [3.63, 3.8) is 0 Å². The van der Waals surface area contributed by atoms with Crippen LogP contribution in [0, 0.1) is 0 Å². The highest BCUT2D eigenvalue weighted by molar-refractivity contribution is 6.30. The SMILES string of the molecule is Bc1nc2nc(Cl)cc(N3CCOCC3)n2n1. The van der Waals surface area contributed by atoms with Gasteiger partial charge in [0.25, 0.3) is 5.78 Å². The number of hydrogen-bond acceptors (Lipinski definition) is 5. The Balaban J connectivity index is 2.12. The summed E-state index contributed by atoms with van der Waals surface area (Å²) in [6.45, 7) is 3.09. The highest BCUT2D eigenvalue weighted by Crippen LogP contribution is 2.19. The van der Waals surface area contributed by atoms with Gasteiger partial charge in [0, 0.05) is 19.2 Å². The van der Waals surface area contributed by atoms with Crippen LogP contribution in [0.5, 0.6) is 0 Å². The number of aromatic nitrogens is 4. The Morgan fingerprint density at radius 2 is 2.06 bits per heavy atom. The van der Waals surface area contributed by atoms with Crippen molar-refractivity contribution in [2.75, 3.05) is 31.2 Å². The highest BCUT2D eigenvalue weighted by atomic mass is 35.5. The van der Waals surface area contributed by atoms with Gasteiger partial charge in [-0.3, -0.25) is 0 Å². The molecule has 0 radical (unpaired) electrons. The molecule has 0 atom stereocenters. The van der Waals surface area contributed by atoms with E-state index in [1.165, 1.54) is 0 Å². The van der Waals surface area contributed by atoms with Crippen molar-refractivity contribution in [1.82, 2.24) is 19.6 Å². The number of halogens is 1. The van der Waals surface area contributed by atoms with Gasteiger partial charge in [0.05, 0.1) is 13.2 Å². The molecule has 17 heavy (non-hydrogen) atoms. The molecule has 0 bridgehead atoms. The van der Waals surface area contributed by atoms with Gasteiger partial charge in [-0.1, -0.05) is 11.6 Å². The third-order valence-electron chi connectivity index (χ3n) is 2.70. The molecule has 1 saturated heterocycles. The summed E-state index contributed by atoms with van der Waals surface area (Å²) in [6, 6.07) is 1.81. The van der Waals surface area contributed by atoms with Crippen LogP contribution in [0.2, 0.25) is 5.15 Å². The zero-order chi connectivity index (χ0) is 11.8. The first-order valence-electron chi connectivity index (χ1n) is 5.46. The van der Waals surface area contributed by atoms with Gasteiger partial charge in [0.2, 0.25) is 0 Å². The molecule has 3 heterocycles. The van der Waals surface area contributed by atoms with E-state index in [9.17, 15) is 0 Å². The van der Waals surface area contributed by atoms with Gasteiger partial charge in [0.1, 0.15) is 16.7 Å². The molecule has 0 aromatic carbocycles. The number of morpholine rings is 1. The molecule has 2 aromatic heterocycles. The van der Waals surface area contributed by atoms with Gasteiger partial charge < -0.3 is 9.64 Å². The van der Waals surface area contributed by atoms with Gasteiger partial charge in [-0.15, -0.1) is 0 Å². The van der Waals surface area contributed by atoms with E-state index in [1.807, 2.05) is 13.9 Å². The van der Waals surface area contributed by atoms with Crippen molar-refractivity contribution in [2.24, 2.45) is 0 Å². The minimum atomic E-state index is 0.436. The summed E-state index contributed by atoms with van der Waals surface area (Å²) in [5.41, 5.74) is 0.689. The first kappa shape index (κ1) is 10.8. The van der Waals surface area contributed by atoms with E-state index < -0.39 is 0 Å². The minimum Gasteiger partial charge on any atom is -0.378 e. The molecule has 0 N–H and O–H groups in total. The van der Waals surface area contributed by atoms with Gasteiger partial charge in [-0.25, -0.2) is 4.98 Å². The number of anilines is 1. The van der Waals surface area contributed by atoms with Crippen LogP contribution in [0.1, 0.15) is 0 Å². The third kappa shape index (κ3) is 1.96. The Hall–Kier alpha value is -1.34. The Morgan fingerprint density at radius 1 is 1.29 bits per heavy atom. The van der Waals surface area contributed by atoms with E-state index in [4.69, 9.17) is 16.3 Å². The standard InChI is InChI=1S/C9H11BClN5O/c10-8-13-9-12-6(11)5-7(16(9)14-8)15-1-3-17-4-2-15/h5H,1-4,10H2. The second-order valence-electron chi connectivity index (χ2n) is 3.91. The maximum Gasteiger partial charge on any atom is 0.254 e. The summed E-state index contributed by atoms with van der Waals surface area (Å²) in [6.07, 6.45) is 0. The highest BCUT2D eigenvalue weighted by Gasteiger charge is 2.17. The zero-order valence-corrected chi connectivity index (χ0v) is 10.2. The smallest absolute Gasteiger partial charge is 0.254 e. The van der Waals surface area contributed by atoms with Gasteiger partial charge in [-0.05, 0) is 0 Å². The lowest BCUT2D eigenvalue weighted by atomic mass is 10.1. The van der Waals surface area contributed by atoms with E-state index in [1.54, 1.807) is 4.52 Å². The molecule has 0 saturated carbocycles. The molecule has 2 aromatic rings. The molecule has 1 aliphatic rings. The predicted octanol–water partition coefficient (Wildman–Crippen LogP) is -1.13. The van der Waals surface area contributed by atoms with E-state index in [0.29, 0.717) is 16.7 Å². The van der Waals surface area contributed by atoms with E-state index in [2.05, 4.69) is 20.0 Å². The number of ether oxygens (including phenoxy) is 1. The second kappa shape index (κ2) is 4.16. The van der Waals surface area contributed by atoms with Crippen LogP contribution >= 0.6 is 11.6 Å². The first-order valence-corrected chi connectivity index (χ1v) is 5.84. The molecule has 0 unspecified atom stereocenters. The van der Waals surface area contributed by atoms with Crippen LogP contribution < -0.4 is 10.6 Å². The molecule has 88 valence electrons. The molecule has 6 nitrogen and oxygen atoms in total. The average Bonchev–Trinajstić information content (AvgIpc) is 2.69. The van der Waals surface area contributed by atoms with Gasteiger partial charge in [-0.2, -0.15) is 14.6 Å². The lowest BCUT2D eigenvalue weighted by Gasteiger charge is -2.28. The molecule has 1 fully saturated rings. The fourth-order valence-corrected chi connectivity index (χ4v) is 2.12. The summed E-state index contributed by atoms with van der Waals surface area (Å²) >= 11 is 6.00. The minimum absolute atomic E-state index is 0.436. The molecule has 0 aliphatic carbocycles. The second-order valence-corrected chi connectivity index (χ2v) is 4.29. The Kier molecular flexibility index (Phi) is 2.64. The fraction of sp³-hybridized carbons (Fsp3) is 0.444. The van der Waals surface area contributed by atoms with Crippen molar-refractivity contribution >= 4 is 36.8 Å². The van der Waals surface area contributed by atoms with Crippen LogP contribution in [0.15, 0.2) is 6.07 Å². The Labute approximate surface area is 104 Å². The molecule has 0 amide bonds. The van der Waals surface area contributed by atoms with Crippen molar-refractivity contribution in [3.8, 4) is 0 Å². The molecule has 0 spiro atoms. The number of nitrogens with zero attached hydrogens (tertiary/aromatic N) is 5. The van der Waals surface area contributed by atoms with Crippen LogP contribution in [-0.2, 0) is 4.74 Å². The van der Waals surface area contributed by atoms with Gasteiger partial charge >= 0.3 is 0 Å². The maximum absolute atomic E-state index is 6.00. The van der Waals surface area contributed by atoms with Crippen molar-refractivity contribution in [2.45, 2.75) is 0 Å². The molecule has 3 rings (SSSR count). The van der Waals surface area contributed by atoms with E-state index >= 15 is 0 Å².